The SMILES string of the molecule is CCCCCCCCCCCN[C@@H](Cc1ccccc1)C(=O)O. The molecule has 0 saturated carbocycles. The van der Waals surface area contributed by atoms with Crippen molar-refractivity contribution in [3.63, 3.8) is 0 Å². The minimum Gasteiger partial charge on any atom is -0.480 e. The minimum atomic E-state index is -0.759. The van der Waals surface area contributed by atoms with Gasteiger partial charge in [-0.2, -0.15) is 0 Å². The van der Waals surface area contributed by atoms with Gasteiger partial charge in [-0.3, -0.25) is 4.79 Å². The van der Waals surface area contributed by atoms with Gasteiger partial charge in [0.1, 0.15) is 6.04 Å². The average molecular weight is 319 g/mol. The zero-order valence-electron chi connectivity index (χ0n) is 14.6. The standard InChI is InChI=1S/C20H33NO2/c1-2-3-4-5-6-7-8-9-13-16-21-19(20(22)23)17-18-14-11-10-12-15-18/h10-12,14-15,19,21H,2-9,13,16-17H2,1H3,(H,22,23)/t19-/m0/s1. The summed E-state index contributed by atoms with van der Waals surface area (Å²) in [6.07, 6.45) is 12.1. The fourth-order valence-electron chi connectivity index (χ4n) is 2.81. The number of hydrogen-bond donors (Lipinski definition) is 2. The van der Waals surface area contributed by atoms with Crippen molar-refractivity contribution in [2.24, 2.45) is 0 Å². The smallest absolute Gasteiger partial charge is 0.321 e. The van der Waals surface area contributed by atoms with Gasteiger partial charge < -0.3 is 10.4 Å². The van der Waals surface area contributed by atoms with Crippen LogP contribution < -0.4 is 5.32 Å². The maximum absolute atomic E-state index is 11.3. The first-order valence-electron chi connectivity index (χ1n) is 9.24. The summed E-state index contributed by atoms with van der Waals surface area (Å²) < 4.78 is 0. The van der Waals surface area contributed by atoms with Crippen LogP contribution in [0.1, 0.15) is 70.3 Å². The van der Waals surface area contributed by atoms with E-state index in [0.717, 1.165) is 18.5 Å². The van der Waals surface area contributed by atoms with Crippen LogP contribution in [0.4, 0.5) is 0 Å². The van der Waals surface area contributed by atoms with Gasteiger partial charge in [-0.05, 0) is 24.9 Å². The molecule has 0 aliphatic rings. The van der Waals surface area contributed by atoms with Crippen LogP contribution in [0, 0.1) is 0 Å². The van der Waals surface area contributed by atoms with Crippen molar-refractivity contribution in [1.29, 1.82) is 0 Å². The molecule has 1 aromatic rings. The van der Waals surface area contributed by atoms with Crippen molar-refractivity contribution in [1.82, 2.24) is 5.32 Å². The van der Waals surface area contributed by atoms with E-state index in [1.54, 1.807) is 0 Å². The lowest BCUT2D eigenvalue weighted by atomic mass is 10.1. The Labute approximate surface area is 141 Å². The van der Waals surface area contributed by atoms with Crippen molar-refractivity contribution < 1.29 is 9.90 Å². The molecule has 1 atom stereocenters. The molecular weight excluding hydrogens is 286 g/mol. The number of unbranched alkanes of at least 4 members (excludes halogenated alkanes) is 8. The number of aliphatic carboxylic acids is 1. The lowest BCUT2D eigenvalue weighted by molar-refractivity contribution is -0.139. The minimum absolute atomic E-state index is 0.480. The molecule has 3 nitrogen and oxygen atoms in total. The third-order valence-corrected chi connectivity index (χ3v) is 4.25. The molecule has 1 aromatic carbocycles. The number of carbonyl (C=O) groups is 1. The highest BCUT2D eigenvalue weighted by Crippen LogP contribution is 2.09. The Balaban J connectivity index is 2.06. The average Bonchev–Trinajstić information content (AvgIpc) is 2.56. The van der Waals surface area contributed by atoms with E-state index in [0.29, 0.717) is 6.42 Å². The summed E-state index contributed by atoms with van der Waals surface area (Å²) >= 11 is 0. The van der Waals surface area contributed by atoms with Crippen LogP contribution >= 0.6 is 0 Å². The zero-order valence-corrected chi connectivity index (χ0v) is 14.6. The highest BCUT2D eigenvalue weighted by molar-refractivity contribution is 5.73. The van der Waals surface area contributed by atoms with Crippen LogP contribution in [0.2, 0.25) is 0 Å². The number of carboxylic acids is 1. The largest absolute Gasteiger partial charge is 0.480 e. The molecule has 0 radical (unpaired) electrons. The normalized spacial score (nSPS) is 12.2. The van der Waals surface area contributed by atoms with Gasteiger partial charge in [0.25, 0.3) is 0 Å². The van der Waals surface area contributed by atoms with Crippen LogP contribution in [0.25, 0.3) is 0 Å². The number of benzene rings is 1. The van der Waals surface area contributed by atoms with E-state index in [4.69, 9.17) is 0 Å². The zero-order chi connectivity index (χ0) is 16.8. The predicted molar refractivity (Wildman–Crippen MR) is 96.8 cm³/mol. The summed E-state index contributed by atoms with van der Waals surface area (Å²) in [5.41, 5.74) is 1.07. The van der Waals surface area contributed by atoms with Crippen LogP contribution in [0.15, 0.2) is 30.3 Å². The second-order valence-corrected chi connectivity index (χ2v) is 6.36. The molecule has 0 heterocycles. The van der Waals surface area contributed by atoms with Crippen molar-refractivity contribution in [2.75, 3.05) is 6.54 Å². The molecule has 23 heavy (non-hydrogen) atoms. The third kappa shape index (κ3) is 10.1. The molecule has 0 aliphatic heterocycles. The summed E-state index contributed by atoms with van der Waals surface area (Å²) in [7, 11) is 0. The monoisotopic (exact) mass is 319 g/mol. The molecule has 0 aliphatic carbocycles. The molecule has 0 bridgehead atoms. The Morgan fingerprint density at radius 3 is 2.09 bits per heavy atom. The summed E-state index contributed by atoms with van der Waals surface area (Å²) in [6, 6.07) is 9.34. The van der Waals surface area contributed by atoms with E-state index in [9.17, 15) is 9.90 Å². The first-order valence-corrected chi connectivity index (χ1v) is 9.24. The van der Waals surface area contributed by atoms with Crippen molar-refractivity contribution in [3.05, 3.63) is 35.9 Å². The molecule has 0 spiro atoms. The lowest BCUT2D eigenvalue weighted by Crippen LogP contribution is -2.39. The fraction of sp³-hybridized carbons (Fsp3) is 0.650. The molecule has 2 N–H and O–H groups in total. The topological polar surface area (TPSA) is 49.3 Å². The summed E-state index contributed by atoms with van der Waals surface area (Å²) in [5, 5.41) is 12.5. The van der Waals surface area contributed by atoms with Gasteiger partial charge in [-0.15, -0.1) is 0 Å². The molecular formula is C20H33NO2. The van der Waals surface area contributed by atoms with Gasteiger partial charge in [-0.25, -0.2) is 0 Å². The number of hydrogen-bond acceptors (Lipinski definition) is 2. The molecule has 3 heteroatoms. The second-order valence-electron chi connectivity index (χ2n) is 6.36. The predicted octanol–water partition coefficient (Wildman–Crippen LogP) is 4.80. The highest BCUT2D eigenvalue weighted by atomic mass is 16.4. The van der Waals surface area contributed by atoms with E-state index < -0.39 is 12.0 Å². The van der Waals surface area contributed by atoms with Crippen molar-refractivity contribution in [2.45, 2.75) is 77.2 Å². The maximum Gasteiger partial charge on any atom is 0.321 e. The Morgan fingerprint density at radius 2 is 1.52 bits per heavy atom. The molecule has 0 amide bonds. The van der Waals surface area contributed by atoms with E-state index >= 15 is 0 Å². The van der Waals surface area contributed by atoms with Gasteiger partial charge in [0.15, 0.2) is 0 Å². The van der Waals surface area contributed by atoms with Crippen molar-refractivity contribution in [3.8, 4) is 0 Å². The quantitative estimate of drug-likeness (QED) is 0.484. The van der Waals surface area contributed by atoms with Gasteiger partial charge >= 0.3 is 5.97 Å². The third-order valence-electron chi connectivity index (χ3n) is 4.25. The molecule has 0 unspecified atom stereocenters. The van der Waals surface area contributed by atoms with Crippen LogP contribution in [0.5, 0.6) is 0 Å². The number of nitrogens with one attached hydrogen (secondary N) is 1. The first-order chi connectivity index (χ1) is 11.2. The first kappa shape index (κ1) is 19.7. The van der Waals surface area contributed by atoms with E-state index in [1.165, 1.54) is 51.4 Å². The number of carboxylic acid groups (broad SMARTS) is 1. The summed E-state index contributed by atoms with van der Waals surface area (Å²) in [4.78, 5) is 11.3. The van der Waals surface area contributed by atoms with Gasteiger partial charge in [-0.1, -0.05) is 88.6 Å². The van der Waals surface area contributed by atoms with Gasteiger partial charge in [0.2, 0.25) is 0 Å². The van der Waals surface area contributed by atoms with Gasteiger partial charge in [0, 0.05) is 0 Å². The highest BCUT2D eigenvalue weighted by Gasteiger charge is 2.16. The van der Waals surface area contributed by atoms with E-state index in [1.807, 2.05) is 30.3 Å². The molecule has 0 aromatic heterocycles. The van der Waals surface area contributed by atoms with Crippen LogP contribution in [-0.4, -0.2) is 23.7 Å². The molecule has 0 saturated heterocycles. The Bertz CT molecular complexity index is 405. The summed E-state index contributed by atoms with van der Waals surface area (Å²) in [6.45, 7) is 3.04. The summed E-state index contributed by atoms with van der Waals surface area (Å²) in [5.74, 6) is -0.759. The van der Waals surface area contributed by atoms with E-state index in [-0.39, 0.29) is 0 Å². The van der Waals surface area contributed by atoms with Crippen LogP contribution in [-0.2, 0) is 11.2 Å². The fourth-order valence-corrected chi connectivity index (χ4v) is 2.81. The van der Waals surface area contributed by atoms with Gasteiger partial charge in [0.05, 0.1) is 0 Å². The lowest BCUT2D eigenvalue weighted by Gasteiger charge is -2.14. The molecule has 130 valence electrons. The Morgan fingerprint density at radius 1 is 0.957 bits per heavy atom. The molecule has 0 fully saturated rings. The van der Waals surface area contributed by atoms with Crippen LogP contribution in [0.3, 0.4) is 0 Å². The number of rotatable bonds is 14. The Kier molecular flexibility index (Phi) is 11.2. The second kappa shape index (κ2) is 13.1. The van der Waals surface area contributed by atoms with Crippen molar-refractivity contribution >= 4 is 5.97 Å². The maximum atomic E-state index is 11.3. The van der Waals surface area contributed by atoms with E-state index in [2.05, 4.69) is 12.2 Å². The molecule has 1 rings (SSSR count). The Hall–Kier alpha value is -1.35.